The average Bonchev–Trinajstić information content (AvgIpc) is 2.77. The van der Waals surface area contributed by atoms with E-state index in [9.17, 15) is 0 Å². The van der Waals surface area contributed by atoms with Crippen molar-refractivity contribution >= 4 is 5.57 Å². The minimum atomic E-state index is 0.432. The first kappa shape index (κ1) is 13.9. The van der Waals surface area contributed by atoms with E-state index >= 15 is 0 Å². The molecule has 0 nitrogen and oxygen atoms in total. The third-order valence-corrected chi connectivity index (χ3v) is 4.54. The van der Waals surface area contributed by atoms with Crippen molar-refractivity contribution in [2.45, 2.75) is 6.42 Å². The van der Waals surface area contributed by atoms with Gasteiger partial charge in [-0.2, -0.15) is 0 Å². The molecule has 110 valence electrons. The summed E-state index contributed by atoms with van der Waals surface area (Å²) in [5.41, 5.74) is 5.06. The Bertz CT molecular complexity index is 839. The van der Waals surface area contributed by atoms with E-state index in [0.717, 1.165) is 12.0 Å². The predicted octanol–water partition coefficient (Wildman–Crippen LogP) is 5.25. The van der Waals surface area contributed by atoms with Crippen molar-refractivity contribution < 1.29 is 0 Å². The molecule has 0 radical (unpaired) electrons. The molecule has 4 rings (SSSR count). The predicted molar refractivity (Wildman–Crippen MR) is 96.6 cm³/mol. The van der Waals surface area contributed by atoms with E-state index in [2.05, 4.69) is 78.6 Å². The SMILES string of the molecule is C(#Cc1ccccc1)C1=C(c2ccccc2)[C@@H]2C=CC=CC1C2. The topological polar surface area (TPSA) is 0 Å². The van der Waals surface area contributed by atoms with Crippen molar-refractivity contribution in [2.75, 3.05) is 0 Å². The van der Waals surface area contributed by atoms with Gasteiger partial charge in [-0.3, -0.25) is 0 Å². The van der Waals surface area contributed by atoms with Crippen LogP contribution in [0.1, 0.15) is 17.5 Å². The number of hydrogen-bond donors (Lipinski definition) is 0. The van der Waals surface area contributed by atoms with E-state index < -0.39 is 0 Å². The molecular formula is C23H18. The molecule has 2 aliphatic rings. The van der Waals surface area contributed by atoms with E-state index in [0.29, 0.717) is 11.8 Å². The summed E-state index contributed by atoms with van der Waals surface area (Å²) in [5, 5.41) is 0. The van der Waals surface area contributed by atoms with Crippen LogP contribution in [0.5, 0.6) is 0 Å². The summed E-state index contributed by atoms with van der Waals surface area (Å²) in [4.78, 5) is 0. The lowest BCUT2D eigenvalue weighted by Crippen LogP contribution is -1.95. The summed E-state index contributed by atoms with van der Waals surface area (Å²) < 4.78 is 0. The van der Waals surface area contributed by atoms with E-state index in [1.54, 1.807) is 0 Å². The fourth-order valence-corrected chi connectivity index (χ4v) is 3.46. The van der Waals surface area contributed by atoms with Gasteiger partial charge < -0.3 is 0 Å². The van der Waals surface area contributed by atoms with Crippen LogP contribution in [0, 0.1) is 23.7 Å². The first-order valence-corrected chi connectivity index (χ1v) is 8.13. The summed E-state index contributed by atoms with van der Waals surface area (Å²) in [6, 6.07) is 20.9. The first-order chi connectivity index (χ1) is 11.4. The van der Waals surface area contributed by atoms with Gasteiger partial charge >= 0.3 is 0 Å². The van der Waals surface area contributed by atoms with Gasteiger partial charge in [-0.05, 0) is 29.7 Å². The maximum absolute atomic E-state index is 3.49. The minimum absolute atomic E-state index is 0.432. The molecule has 2 aliphatic carbocycles. The van der Waals surface area contributed by atoms with E-state index in [1.807, 2.05) is 18.2 Å². The zero-order valence-corrected chi connectivity index (χ0v) is 12.9. The maximum atomic E-state index is 3.49. The normalized spacial score (nSPS) is 21.7. The third-order valence-electron chi connectivity index (χ3n) is 4.54. The van der Waals surface area contributed by atoms with Crippen LogP contribution in [0.15, 0.2) is 90.5 Å². The van der Waals surface area contributed by atoms with Gasteiger partial charge in [-0.15, -0.1) is 0 Å². The number of rotatable bonds is 1. The van der Waals surface area contributed by atoms with E-state index in [4.69, 9.17) is 0 Å². The highest BCUT2D eigenvalue weighted by Crippen LogP contribution is 2.44. The lowest BCUT2D eigenvalue weighted by molar-refractivity contribution is 0.680. The minimum Gasteiger partial charge on any atom is -0.0769 e. The van der Waals surface area contributed by atoms with Crippen LogP contribution in [0.4, 0.5) is 0 Å². The Balaban J connectivity index is 1.83. The molecule has 0 spiro atoms. The fraction of sp³-hybridized carbons (Fsp3) is 0.130. The molecule has 0 aliphatic heterocycles. The van der Waals surface area contributed by atoms with E-state index in [-0.39, 0.29) is 0 Å². The van der Waals surface area contributed by atoms with Crippen LogP contribution in [-0.4, -0.2) is 0 Å². The Morgan fingerprint density at radius 2 is 1.35 bits per heavy atom. The fourth-order valence-electron chi connectivity index (χ4n) is 3.46. The van der Waals surface area contributed by atoms with Crippen molar-refractivity contribution in [1.82, 2.24) is 0 Å². The van der Waals surface area contributed by atoms with Crippen molar-refractivity contribution in [3.8, 4) is 11.8 Å². The Kier molecular flexibility index (Phi) is 3.70. The molecule has 2 bridgehead atoms. The Morgan fingerprint density at radius 3 is 2.09 bits per heavy atom. The summed E-state index contributed by atoms with van der Waals surface area (Å²) in [6.45, 7) is 0. The molecule has 0 N–H and O–H groups in total. The quantitative estimate of drug-likeness (QED) is 0.630. The van der Waals surface area contributed by atoms with Gasteiger partial charge in [0.25, 0.3) is 0 Å². The molecule has 0 amide bonds. The number of fused-ring (bicyclic) bond motifs is 2. The summed E-state index contributed by atoms with van der Waals surface area (Å²) in [7, 11) is 0. The van der Waals surface area contributed by atoms with Crippen LogP contribution >= 0.6 is 0 Å². The van der Waals surface area contributed by atoms with Crippen LogP contribution in [-0.2, 0) is 0 Å². The second-order valence-electron chi connectivity index (χ2n) is 6.03. The van der Waals surface area contributed by atoms with Crippen LogP contribution in [0.25, 0.3) is 5.57 Å². The summed E-state index contributed by atoms with van der Waals surface area (Å²) in [6.07, 6.45) is 10.1. The van der Waals surface area contributed by atoms with Gasteiger partial charge in [-0.25, -0.2) is 0 Å². The monoisotopic (exact) mass is 294 g/mol. The Hall–Kier alpha value is -2.78. The third kappa shape index (κ3) is 2.79. The standard InChI is InChI=1S/C23H18/c1-3-9-18(10-4-1)15-16-22-20-13-7-8-14-21(17-20)23(22)19-11-5-2-6-12-19/h1-14,20-21H,17H2/t20?,21-/m1/s1. The molecule has 2 aromatic carbocycles. The smallest absolute Gasteiger partial charge is 0.0248 e. The lowest BCUT2D eigenvalue weighted by atomic mass is 9.93. The summed E-state index contributed by atoms with van der Waals surface area (Å²) in [5.74, 6) is 7.75. The van der Waals surface area contributed by atoms with E-state index in [1.165, 1.54) is 16.7 Å². The molecule has 23 heavy (non-hydrogen) atoms. The zero-order valence-electron chi connectivity index (χ0n) is 12.9. The van der Waals surface area contributed by atoms with Gasteiger partial charge in [0.15, 0.2) is 0 Å². The van der Waals surface area contributed by atoms with Gasteiger partial charge in [0.05, 0.1) is 0 Å². The summed E-state index contributed by atoms with van der Waals surface area (Å²) >= 11 is 0. The van der Waals surface area contributed by atoms with Crippen molar-refractivity contribution in [3.63, 3.8) is 0 Å². The van der Waals surface area contributed by atoms with Gasteiger partial charge in [0.1, 0.15) is 0 Å². The molecule has 0 fully saturated rings. The first-order valence-electron chi connectivity index (χ1n) is 8.13. The average molecular weight is 294 g/mol. The number of allylic oxidation sites excluding steroid dienone is 6. The van der Waals surface area contributed by atoms with Crippen molar-refractivity contribution in [3.05, 3.63) is 102 Å². The van der Waals surface area contributed by atoms with Crippen LogP contribution in [0.3, 0.4) is 0 Å². The second kappa shape index (κ2) is 6.15. The molecule has 1 unspecified atom stereocenters. The highest BCUT2D eigenvalue weighted by atomic mass is 14.3. The highest BCUT2D eigenvalue weighted by Gasteiger charge is 2.31. The molecule has 0 heteroatoms. The van der Waals surface area contributed by atoms with Crippen molar-refractivity contribution in [2.24, 2.45) is 11.8 Å². The molecule has 0 saturated heterocycles. The molecule has 2 atom stereocenters. The molecule has 2 aromatic rings. The van der Waals surface area contributed by atoms with Gasteiger partial charge in [-0.1, -0.05) is 84.7 Å². The lowest BCUT2D eigenvalue weighted by Gasteiger charge is -2.11. The maximum Gasteiger partial charge on any atom is 0.0248 e. The van der Waals surface area contributed by atoms with Crippen LogP contribution in [0.2, 0.25) is 0 Å². The Morgan fingerprint density at radius 1 is 0.696 bits per heavy atom. The molecule has 0 saturated carbocycles. The van der Waals surface area contributed by atoms with Gasteiger partial charge in [0, 0.05) is 23.0 Å². The molecule has 0 aromatic heterocycles. The largest absolute Gasteiger partial charge is 0.0769 e. The number of benzene rings is 2. The second-order valence-corrected chi connectivity index (χ2v) is 6.03. The van der Waals surface area contributed by atoms with Gasteiger partial charge in [0.2, 0.25) is 0 Å². The number of hydrogen-bond acceptors (Lipinski definition) is 0. The highest BCUT2D eigenvalue weighted by molar-refractivity contribution is 5.79. The molecular weight excluding hydrogens is 276 g/mol. The molecule has 0 heterocycles. The zero-order chi connectivity index (χ0) is 15.5. The Labute approximate surface area is 137 Å². The van der Waals surface area contributed by atoms with Crippen molar-refractivity contribution in [1.29, 1.82) is 0 Å². The van der Waals surface area contributed by atoms with Crippen LogP contribution < -0.4 is 0 Å².